The normalized spacial score (nSPS) is 9.89. The van der Waals surface area contributed by atoms with Gasteiger partial charge in [-0.05, 0) is 18.6 Å². The summed E-state index contributed by atoms with van der Waals surface area (Å²) in [4.78, 5) is 0. The molecule has 3 nitrogen and oxygen atoms in total. The molecule has 0 aliphatic heterocycles. The van der Waals surface area contributed by atoms with Gasteiger partial charge in [0.05, 0.1) is 5.41 Å². The summed E-state index contributed by atoms with van der Waals surface area (Å²) in [5.74, 6) is 0. The molecule has 94 valence electrons. The molecule has 0 heterocycles. The first-order valence-electron chi connectivity index (χ1n) is 4.83. The van der Waals surface area contributed by atoms with Crippen LogP contribution in [0.4, 0.5) is 0 Å². The first-order chi connectivity index (χ1) is 7.85. The maximum absolute atomic E-state index is 9.96. The zero-order chi connectivity index (χ0) is 13.3. The maximum atomic E-state index is 9.96. The Bertz CT molecular complexity index is 496. The summed E-state index contributed by atoms with van der Waals surface area (Å²) in [5.41, 5.74) is 1.75. The van der Waals surface area contributed by atoms with Crippen LogP contribution in [0.25, 0.3) is 6.08 Å². The Morgan fingerprint density at radius 1 is 1.33 bits per heavy atom. The molecule has 0 bridgehead atoms. The van der Waals surface area contributed by atoms with Crippen molar-refractivity contribution in [3.05, 3.63) is 66.1 Å². The number of benzene rings is 1. The molecule has 1 rings (SSSR count). The van der Waals surface area contributed by atoms with Gasteiger partial charge in [-0.25, -0.2) is 0 Å². The van der Waals surface area contributed by atoms with Crippen LogP contribution < -0.4 is 29.6 Å². The van der Waals surface area contributed by atoms with Gasteiger partial charge in [-0.2, -0.15) is 8.42 Å². The summed E-state index contributed by atoms with van der Waals surface area (Å²) in [6, 6.07) is 10.0. The van der Waals surface area contributed by atoms with Gasteiger partial charge in [0.15, 0.2) is 0 Å². The van der Waals surface area contributed by atoms with E-state index in [9.17, 15) is 8.42 Å². The zero-order valence-corrected chi connectivity index (χ0v) is 13.5. The van der Waals surface area contributed by atoms with E-state index >= 15 is 0 Å². The number of hydrogen-bond donors (Lipinski definition) is 1. The van der Waals surface area contributed by atoms with Crippen LogP contribution in [0.15, 0.2) is 60.5 Å². The maximum Gasteiger partial charge on any atom is 1.00 e. The van der Waals surface area contributed by atoms with E-state index in [0.29, 0.717) is 11.0 Å². The van der Waals surface area contributed by atoms with Crippen molar-refractivity contribution in [3.8, 4) is 0 Å². The van der Waals surface area contributed by atoms with E-state index < -0.39 is 10.1 Å². The molecule has 1 N–H and O–H groups in total. The number of hydrogen-bond acceptors (Lipinski definition) is 2. The molecular weight excluding hydrogens is 259 g/mol. The third kappa shape index (κ3) is 13.4. The van der Waals surface area contributed by atoms with Gasteiger partial charge >= 0.3 is 29.6 Å². The fourth-order valence-electron chi connectivity index (χ4n) is 0.791. The van der Waals surface area contributed by atoms with E-state index in [0.717, 1.165) is 0 Å². The molecule has 1 aromatic carbocycles. The molecule has 5 heteroatoms. The minimum atomic E-state index is -3.96. The fourth-order valence-corrected chi connectivity index (χ4v) is 1.20. The topological polar surface area (TPSA) is 54.4 Å². The molecule has 0 aromatic heterocycles. The molecule has 0 spiro atoms. The Morgan fingerprint density at radius 2 is 1.83 bits per heavy atom. The predicted octanol–water partition coefficient (Wildman–Crippen LogP) is 0.410. The summed E-state index contributed by atoms with van der Waals surface area (Å²) in [7, 11) is -3.96. The Morgan fingerprint density at radius 3 is 2.06 bits per heavy atom. The molecule has 0 aliphatic carbocycles. The van der Waals surface area contributed by atoms with Crippen LogP contribution in [-0.2, 0) is 10.1 Å². The molecule has 0 unspecified atom stereocenters. The van der Waals surface area contributed by atoms with Crippen LogP contribution in [0.1, 0.15) is 13.9 Å². The van der Waals surface area contributed by atoms with Gasteiger partial charge in [0, 0.05) is 0 Å². The second-order valence-corrected chi connectivity index (χ2v) is 4.58. The van der Waals surface area contributed by atoms with Crippen LogP contribution in [-0.4, -0.2) is 13.0 Å². The van der Waals surface area contributed by atoms with Gasteiger partial charge in [0.2, 0.25) is 0 Å². The molecule has 0 radical (unpaired) electrons. The molecule has 0 saturated carbocycles. The Balaban J connectivity index is -0.000000244. The third-order valence-electron chi connectivity index (χ3n) is 1.56. The number of allylic oxidation sites excluding steroid dienone is 2. The summed E-state index contributed by atoms with van der Waals surface area (Å²) in [6.45, 7) is 8.65. The van der Waals surface area contributed by atoms with Gasteiger partial charge in [0.1, 0.15) is 0 Å². The Labute approximate surface area is 132 Å². The molecule has 0 aliphatic rings. The van der Waals surface area contributed by atoms with Crippen molar-refractivity contribution in [1.82, 2.24) is 0 Å². The average Bonchev–Trinajstić information content (AvgIpc) is 2.27. The van der Waals surface area contributed by atoms with Gasteiger partial charge < -0.3 is 1.43 Å². The summed E-state index contributed by atoms with van der Waals surface area (Å²) in [5, 5.41) is 0.690. The molecule has 18 heavy (non-hydrogen) atoms. The van der Waals surface area contributed by atoms with Gasteiger partial charge in [0.25, 0.3) is 10.1 Å². The van der Waals surface area contributed by atoms with Gasteiger partial charge in [-0.15, -0.1) is 0 Å². The average molecular weight is 276 g/mol. The van der Waals surface area contributed by atoms with E-state index in [-0.39, 0.29) is 31.0 Å². The van der Waals surface area contributed by atoms with Crippen molar-refractivity contribution < 1.29 is 44.0 Å². The summed E-state index contributed by atoms with van der Waals surface area (Å²) in [6.07, 6.45) is 3.05. The minimum absolute atomic E-state index is 0. The van der Waals surface area contributed by atoms with Crippen LogP contribution in [0.2, 0.25) is 0 Å². The van der Waals surface area contributed by atoms with Crippen molar-refractivity contribution >= 4 is 16.2 Å². The van der Waals surface area contributed by atoms with E-state index in [4.69, 9.17) is 4.55 Å². The first-order valence-corrected chi connectivity index (χ1v) is 6.34. The molecule has 1 aromatic rings. The first kappa shape index (κ1) is 19.7. The Kier molecular flexibility index (Phi) is 11.3. The van der Waals surface area contributed by atoms with Crippen molar-refractivity contribution in [2.45, 2.75) is 6.92 Å². The van der Waals surface area contributed by atoms with E-state index in [1.165, 1.54) is 11.6 Å². The summed E-state index contributed by atoms with van der Waals surface area (Å²) >= 11 is 0. The van der Waals surface area contributed by atoms with Gasteiger partial charge in [-0.1, -0.05) is 55.1 Å². The smallest absolute Gasteiger partial charge is 1.00 e. The fraction of sp³-hybridized carbons (Fsp3) is 0.0769. The van der Waals surface area contributed by atoms with Crippen LogP contribution >= 0.6 is 0 Å². The third-order valence-corrected chi connectivity index (χ3v) is 2.04. The van der Waals surface area contributed by atoms with Crippen molar-refractivity contribution in [2.75, 3.05) is 0 Å². The van der Waals surface area contributed by atoms with E-state index in [2.05, 4.69) is 13.2 Å². The minimum Gasteiger partial charge on any atom is -1.00 e. The van der Waals surface area contributed by atoms with Crippen molar-refractivity contribution in [2.24, 2.45) is 0 Å². The SMILES string of the molecule is C=C(C)C=CS(=O)(=O)O.C=Cc1ccccc1.[H-].[Na+]. The molecule has 0 fully saturated rings. The molecule has 0 amide bonds. The van der Waals surface area contributed by atoms with Crippen molar-refractivity contribution in [3.63, 3.8) is 0 Å². The number of rotatable bonds is 3. The molecular formula is C13H17NaO3S. The molecule has 0 atom stereocenters. The van der Waals surface area contributed by atoms with Crippen LogP contribution in [0.3, 0.4) is 0 Å². The Hall–Kier alpha value is -0.650. The second-order valence-electron chi connectivity index (χ2n) is 3.28. The van der Waals surface area contributed by atoms with E-state index in [1.807, 2.05) is 36.4 Å². The van der Waals surface area contributed by atoms with E-state index in [1.54, 1.807) is 6.92 Å². The zero-order valence-electron chi connectivity index (χ0n) is 11.7. The quantitative estimate of drug-likeness (QED) is 0.494. The largest absolute Gasteiger partial charge is 1.00 e. The van der Waals surface area contributed by atoms with Crippen LogP contribution in [0.5, 0.6) is 0 Å². The molecule has 0 saturated heterocycles. The second kappa shape index (κ2) is 10.3. The summed E-state index contributed by atoms with van der Waals surface area (Å²) < 4.78 is 28.0. The predicted molar refractivity (Wildman–Crippen MR) is 73.1 cm³/mol. The monoisotopic (exact) mass is 276 g/mol. The standard InChI is InChI=1S/C8H8.C5H8O3S.Na.H/c1-2-8-6-4-3-5-7-8;1-5(2)3-4-9(6,7)8;;/h2-7H,1H2;3-4H,1H2,2H3,(H,6,7,8);;/q;;+1;-1. The van der Waals surface area contributed by atoms with Crippen LogP contribution in [0, 0.1) is 0 Å². The van der Waals surface area contributed by atoms with Crippen molar-refractivity contribution in [1.29, 1.82) is 0 Å². The van der Waals surface area contributed by atoms with Gasteiger partial charge in [-0.3, -0.25) is 4.55 Å².